The van der Waals surface area contributed by atoms with Crippen molar-refractivity contribution in [1.82, 2.24) is 5.32 Å². The van der Waals surface area contributed by atoms with Gasteiger partial charge in [0.25, 0.3) is 0 Å². The molecule has 3 rings (SSSR count). The van der Waals surface area contributed by atoms with Gasteiger partial charge < -0.3 is 10.4 Å². The summed E-state index contributed by atoms with van der Waals surface area (Å²) in [6, 6.07) is 9.48. The summed E-state index contributed by atoms with van der Waals surface area (Å²) in [6.07, 6.45) is 7.78. The summed E-state index contributed by atoms with van der Waals surface area (Å²) in [5.41, 5.74) is 2.92. The maximum atomic E-state index is 9.47. The summed E-state index contributed by atoms with van der Waals surface area (Å²) in [6.45, 7) is 0.248. The van der Waals surface area contributed by atoms with Crippen LogP contribution in [0.1, 0.15) is 49.3 Å². The molecule has 1 saturated carbocycles. The van der Waals surface area contributed by atoms with Crippen molar-refractivity contribution in [3.8, 4) is 0 Å². The lowest BCUT2D eigenvalue weighted by Crippen LogP contribution is -2.44. The molecule has 0 aromatic heterocycles. The van der Waals surface area contributed by atoms with Crippen molar-refractivity contribution < 1.29 is 5.11 Å². The van der Waals surface area contributed by atoms with Crippen LogP contribution in [0.5, 0.6) is 0 Å². The van der Waals surface area contributed by atoms with Gasteiger partial charge in [-0.15, -0.1) is 0 Å². The maximum absolute atomic E-state index is 9.47. The number of aliphatic hydroxyl groups is 1. The predicted molar refractivity (Wildman–Crippen MR) is 73.5 cm³/mol. The van der Waals surface area contributed by atoms with Crippen LogP contribution in [0, 0.1) is 5.92 Å². The number of rotatable bonds is 2. The Morgan fingerprint density at radius 3 is 2.67 bits per heavy atom. The normalized spacial score (nSPS) is 28.9. The molecule has 18 heavy (non-hydrogen) atoms. The quantitative estimate of drug-likeness (QED) is 0.839. The molecule has 2 atom stereocenters. The van der Waals surface area contributed by atoms with E-state index in [1.54, 1.807) is 0 Å². The van der Waals surface area contributed by atoms with Gasteiger partial charge in [-0.3, -0.25) is 0 Å². The first kappa shape index (κ1) is 12.2. The van der Waals surface area contributed by atoms with E-state index in [-0.39, 0.29) is 12.6 Å². The van der Waals surface area contributed by atoms with E-state index in [1.165, 1.54) is 43.2 Å². The second-order valence-corrected chi connectivity index (χ2v) is 5.82. The first-order valence-electron chi connectivity index (χ1n) is 7.33. The lowest BCUT2D eigenvalue weighted by atomic mass is 9.77. The zero-order chi connectivity index (χ0) is 12.4. The Morgan fingerprint density at radius 2 is 1.89 bits per heavy atom. The Kier molecular flexibility index (Phi) is 3.67. The Balaban J connectivity index is 1.87. The summed E-state index contributed by atoms with van der Waals surface area (Å²) < 4.78 is 0. The monoisotopic (exact) mass is 245 g/mol. The number of benzene rings is 1. The zero-order valence-corrected chi connectivity index (χ0v) is 10.9. The van der Waals surface area contributed by atoms with Gasteiger partial charge in [0.1, 0.15) is 0 Å². The molecule has 2 nitrogen and oxygen atoms in total. The number of fused-ring (bicyclic) bond motifs is 1. The smallest absolute Gasteiger partial charge is 0.0588 e. The first-order valence-corrected chi connectivity index (χ1v) is 7.33. The molecule has 0 amide bonds. The Labute approximate surface area is 109 Å². The minimum atomic E-state index is 0.242. The van der Waals surface area contributed by atoms with E-state index >= 15 is 0 Å². The van der Waals surface area contributed by atoms with Gasteiger partial charge in [0.15, 0.2) is 0 Å². The van der Waals surface area contributed by atoms with Gasteiger partial charge in [-0.2, -0.15) is 0 Å². The molecule has 1 aromatic rings. The topological polar surface area (TPSA) is 32.3 Å². The molecule has 2 aliphatic rings. The fourth-order valence-corrected chi connectivity index (χ4v) is 3.67. The largest absolute Gasteiger partial charge is 0.395 e. The van der Waals surface area contributed by atoms with Crippen molar-refractivity contribution in [2.24, 2.45) is 5.92 Å². The van der Waals surface area contributed by atoms with Crippen LogP contribution in [0.15, 0.2) is 24.3 Å². The van der Waals surface area contributed by atoms with E-state index in [0.29, 0.717) is 6.04 Å². The lowest BCUT2D eigenvalue weighted by molar-refractivity contribution is 0.186. The van der Waals surface area contributed by atoms with Crippen LogP contribution in [0.3, 0.4) is 0 Å². The third kappa shape index (κ3) is 2.32. The van der Waals surface area contributed by atoms with Crippen molar-refractivity contribution in [3.63, 3.8) is 0 Å². The van der Waals surface area contributed by atoms with E-state index in [2.05, 4.69) is 29.6 Å². The van der Waals surface area contributed by atoms with Gasteiger partial charge >= 0.3 is 0 Å². The fraction of sp³-hybridized carbons (Fsp3) is 0.625. The predicted octanol–water partition coefficient (Wildman–Crippen LogP) is 2.81. The molecule has 2 N–H and O–H groups in total. The molecular weight excluding hydrogens is 222 g/mol. The Bertz CT molecular complexity index is 398. The molecule has 1 heterocycles. The maximum Gasteiger partial charge on any atom is 0.0588 e. The molecule has 2 heteroatoms. The molecule has 1 aliphatic carbocycles. The van der Waals surface area contributed by atoms with Crippen molar-refractivity contribution in [2.45, 2.75) is 50.6 Å². The van der Waals surface area contributed by atoms with E-state index in [4.69, 9.17) is 0 Å². The summed E-state index contributed by atoms with van der Waals surface area (Å²) in [7, 11) is 0. The summed E-state index contributed by atoms with van der Waals surface area (Å²) in [4.78, 5) is 0. The van der Waals surface area contributed by atoms with Gasteiger partial charge in [0.2, 0.25) is 0 Å². The van der Waals surface area contributed by atoms with Crippen molar-refractivity contribution in [2.75, 3.05) is 6.61 Å². The molecule has 1 aliphatic heterocycles. The Morgan fingerprint density at radius 1 is 1.11 bits per heavy atom. The van der Waals surface area contributed by atoms with Crippen LogP contribution in [-0.4, -0.2) is 17.8 Å². The van der Waals surface area contributed by atoms with E-state index < -0.39 is 0 Å². The van der Waals surface area contributed by atoms with Crippen LogP contribution in [0.25, 0.3) is 0 Å². The molecule has 0 unspecified atom stereocenters. The number of hydrogen-bond acceptors (Lipinski definition) is 2. The first-order chi connectivity index (χ1) is 8.88. The van der Waals surface area contributed by atoms with Crippen molar-refractivity contribution in [3.05, 3.63) is 35.4 Å². The molecular formula is C16H23NO. The number of nitrogens with one attached hydrogen (secondary N) is 1. The average Bonchev–Trinajstić information content (AvgIpc) is 2.47. The van der Waals surface area contributed by atoms with Crippen LogP contribution >= 0.6 is 0 Å². The van der Waals surface area contributed by atoms with Crippen molar-refractivity contribution in [1.29, 1.82) is 0 Å². The highest BCUT2D eigenvalue weighted by Crippen LogP contribution is 2.38. The molecule has 0 radical (unpaired) electrons. The highest BCUT2D eigenvalue weighted by Gasteiger charge is 2.31. The molecule has 0 bridgehead atoms. The van der Waals surface area contributed by atoms with Gasteiger partial charge in [0, 0.05) is 12.1 Å². The third-order valence-electron chi connectivity index (χ3n) is 4.61. The van der Waals surface area contributed by atoms with Crippen LogP contribution in [-0.2, 0) is 6.42 Å². The molecule has 98 valence electrons. The number of hydrogen-bond donors (Lipinski definition) is 2. The minimum absolute atomic E-state index is 0.242. The molecule has 1 fully saturated rings. The summed E-state index contributed by atoms with van der Waals surface area (Å²) >= 11 is 0. The molecule has 1 aromatic carbocycles. The standard InChI is InChI=1S/C16H23NO/c18-11-14-10-13-8-4-5-9-15(13)16(17-14)12-6-2-1-3-7-12/h4-5,8-9,12,14,16-18H,1-3,6-7,10-11H2/t14-,16+/m0/s1. The second-order valence-electron chi connectivity index (χ2n) is 5.82. The average molecular weight is 245 g/mol. The van der Waals surface area contributed by atoms with Crippen LogP contribution in [0.4, 0.5) is 0 Å². The second kappa shape index (κ2) is 5.41. The van der Waals surface area contributed by atoms with E-state index in [9.17, 15) is 5.11 Å². The highest BCUT2D eigenvalue weighted by atomic mass is 16.3. The third-order valence-corrected chi connectivity index (χ3v) is 4.61. The van der Waals surface area contributed by atoms with Gasteiger partial charge in [-0.1, -0.05) is 43.5 Å². The van der Waals surface area contributed by atoms with E-state index in [0.717, 1.165) is 12.3 Å². The Hall–Kier alpha value is -0.860. The van der Waals surface area contributed by atoms with Crippen LogP contribution in [0.2, 0.25) is 0 Å². The lowest BCUT2D eigenvalue weighted by Gasteiger charge is -2.38. The molecule has 0 spiro atoms. The molecule has 0 saturated heterocycles. The summed E-state index contributed by atoms with van der Waals surface area (Å²) in [5.74, 6) is 0.759. The summed E-state index contributed by atoms with van der Waals surface area (Å²) in [5, 5.41) is 13.1. The number of aliphatic hydroxyl groups excluding tert-OH is 1. The van der Waals surface area contributed by atoms with Crippen molar-refractivity contribution >= 4 is 0 Å². The zero-order valence-electron chi connectivity index (χ0n) is 10.9. The fourth-order valence-electron chi connectivity index (χ4n) is 3.67. The highest BCUT2D eigenvalue weighted by molar-refractivity contribution is 5.34. The SMILES string of the molecule is OC[C@@H]1Cc2ccccc2[C@@H](C2CCCCC2)N1. The van der Waals surface area contributed by atoms with E-state index in [1.807, 2.05) is 0 Å². The van der Waals surface area contributed by atoms with Gasteiger partial charge in [-0.05, 0) is 36.3 Å². The van der Waals surface area contributed by atoms with Crippen LogP contribution < -0.4 is 5.32 Å². The van der Waals surface area contributed by atoms with Gasteiger partial charge in [0.05, 0.1) is 6.61 Å². The minimum Gasteiger partial charge on any atom is -0.395 e. The van der Waals surface area contributed by atoms with Gasteiger partial charge in [-0.25, -0.2) is 0 Å².